The van der Waals surface area contributed by atoms with E-state index in [0.29, 0.717) is 18.0 Å². The summed E-state index contributed by atoms with van der Waals surface area (Å²) in [5, 5.41) is 3.19. The molecule has 1 aliphatic carbocycles. The Balaban J connectivity index is 1.90. The molecule has 2 nitrogen and oxygen atoms in total. The van der Waals surface area contributed by atoms with Gasteiger partial charge in [0.05, 0.1) is 13.1 Å². The quantitative estimate of drug-likeness (QED) is 0.706. The fourth-order valence-electron chi connectivity index (χ4n) is 2.21. The number of alkyl halides is 1. The van der Waals surface area contributed by atoms with Gasteiger partial charge in [-0.1, -0.05) is 12.8 Å². The van der Waals surface area contributed by atoms with Crippen LogP contribution >= 0.6 is 54.8 Å². The minimum Gasteiger partial charge on any atom is -0.352 e. The number of rotatable bonds is 3. The molecule has 2 unspecified atom stereocenters. The molecule has 1 fully saturated rings. The van der Waals surface area contributed by atoms with Gasteiger partial charge in [-0.25, -0.2) is 0 Å². The molecule has 1 heterocycles. The van der Waals surface area contributed by atoms with Crippen molar-refractivity contribution in [1.29, 1.82) is 0 Å². The largest absolute Gasteiger partial charge is 0.352 e. The first kappa shape index (κ1) is 14.8. The number of hydrogen-bond acceptors (Lipinski definition) is 2. The van der Waals surface area contributed by atoms with Crippen LogP contribution in [-0.2, 0) is 0 Å². The Kier molecular flexibility index (Phi) is 5.54. The van der Waals surface area contributed by atoms with Crippen LogP contribution in [0.25, 0.3) is 0 Å². The topological polar surface area (TPSA) is 29.1 Å². The van der Waals surface area contributed by atoms with Crippen LogP contribution in [0, 0.1) is 5.92 Å². The smallest absolute Gasteiger partial charge is 0.253 e. The molecule has 0 spiro atoms. The normalized spacial score (nSPS) is 23.9. The molecule has 0 radical (unpaired) electrons. The maximum atomic E-state index is 12.0. The Bertz CT molecular complexity index is 438. The minimum atomic E-state index is -0.0294. The van der Waals surface area contributed by atoms with Crippen molar-refractivity contribution in [1.82, 2.24) is 5.32 Å². The molecule has 0 aliphatic heterocycles. The van der Waals surface area contributed by atoms with Gasteiger partial charge in [0.2, 0.25) is 0 Å². The number of carbonyl (C=O) groups is 1. The second-order valence-corrected chi connectivity index (χ2v) is 8.82. The van der Waals surface area contributed by atoms with Crippen molar-refractivity contribution in [3.8, 4) is 0 Å². The van der Waals surface area contributed by atoms with Gasteiger partial charge in [-0.15, -0.1) is 22.9 Å². The molecule has 6 heteroatoms. The molecule has 2 atom stereocenters. The number of hydrogen-bond donors (Lipinski definition) is 1. The zero-order chi connectivity index (χ0) is 13.1. The summed E-state index contributed by atoms with van der Waals surface area (Å²) in [7, 11) is 0. The molecular weight excluding hydrogens is 401 g/mol. The summed E-state index contributed by atoms with van der Waals surface area (Å²) in [6.45, 7) is 0.674. The van der Waals surface area contributed by atoms with Crippen molar-refractivity contribution in [3.63, 3.8) is 0 Å². The zero-order valence-electron chi connectivity index (χ0n) is 9.72. The van der Waals surface area contributed by atoms with Gasteiger partial charge in [-0.05, 0) is 56.7 Å². The second-order valence-electron chi connectivity index (χ2n) is 4.51. The summed E-state index contributed by atoms with van der Waals surface area (Å²) in [5.74, 6) is 0.378. The first-order chi connectivity index (χ1) is 8.58. The Morgan fingerprint density at radius 1 is 1.44 bits per heavy atom. The maximum Gasteiger partial charge on any atom is 0.253 e. The van der Waals surface area contributed by atoms with E-state index in [-0.39, 0.29) is 11.3 Å². The van der Waals surface area contributed by atoms with E-state index in [0.717, 1.165) is 20.4 Å². The maximum absolute atomic E-state index is 12.0. The Morgan fingerprint density at radius 3 is 2.78 bits per heavy atom. The molecule has 18 heavy (non-hydrogen) atoms. The summed E-state index contributed by atoms with van der Waals surface area (Å²) in [6.07, 6.45) is 4.61. The van der Waals surface area contributed by atoms with E-state index in [4.69, 9.17) is 11.6 Å². The Hall–Kier alpha value is 0.420. The van der Waals surface area contributed by atoms with Crippen molar-refractivity contribution in [2.45, 2.75) is 31.1 Å². The fourth-order valence-corrected chi connectivity index (χ4v) is 5.37. The third-order valence-electron chi connectivity index (χ3n) is 3.24. The van der Waals surface area contributed by atoms with Crippen molar-refractivity contribution in [2.24, 2.45) is 5.92 Å². The van der Waals surface area contributed by atoms with Gasteiger partial charge >= 0.3 is 0 Å². The summed E-state index contributed by atoms with van der Waals surface area (Å²) in [5.41, 5.74) is 0.689. The van der Waals surface area contributed by atoms with E-state index in [2.05, 4.69) is 37.2 Å². The molecule has 0 bridgehead atoms. The SMILES string of the molecule is O=C(NCC1CCCCC1Cl)c1cc(Br)sc1Br. The summed E-state index contributed by atoms with van der Waals surface area (Å²) in [4.78, 5) is 12.0. The van der Waals surface area contributed by atoms with Crippen LogP contribution in [0.3, 0.4) is 0 Å². The van der Waals surface area contributed by atoms with Gasteiger partial charge in [0.25, 0.3) is 5.91 Å². The van der Waals surface area contributed by atoms with Gasteiger partial charge in [-0.3, -0.25) is 4.79 Å². The van der Waals surface area contributed by atoms with Gasteiger partial charge in [0.1, 0.15) is 0 Å². The molecule has 1 aliphatic rings. The summed E-state index contributed by atoms with van der Waals surface area (Å²) < 4.78 is 1.81. The average Bonchev–Trinajstić information content (AvgIpc) is 2.67. The molecule has 2 rings (SSSR count). The molecule has 1 aromatic heterocycles. The number of carbonyl (C=O) groups excluding carboxylic acids is 1. The molecule has 0 saturated heterocycles. The second kappa shape index (κ2) is 6.73. The highest BCUT2D eigenvalue weighted by atomic mass is 79.9. The number of amides is 1. The first-order valence-electron chi connectivity index (χ1n) is 5.95. The van der Waals surface area contributed by atoms with E-state index < -0.39 is 0 Å². The Morgan fingerprint density at radius 2 is 2.17 bits per heavy atom. The third-order valence-corrected chi connectivity index (χ3v) is 6.16. The predicted octanol–water partition coefficient (Wildman–Crippen LogP) is 4.80. The number of halogens is 3. The van der Waals surface area contributed by atoms with Crippen molar-refractivity contribution in [3.05, 3.63) is 19.2 Å². The third kappa shape index (κ3) is 3.71. The van der Waals surface area contributed by atoms with Crippen molar-refractivity contribution < 1.29 is 4.79 Å². The highest BCUT2D eigenvalue weighted by Gasteiger charge is 2.24. The Labute approximate surface area is 133 Å². The number of nitrogens with one attached hydrogen (secondary N) is 1. The lowest BCUT2D eigenvalue weighted by molar-refractivity contribution is 0.0944. The molecule has 1 saturated carbocycles. The van der Waals surface area contributed by atoms with Crippen LogP contribution < -0.4 is 5.32 Å². The summed E-state index contributed by atoms with van der Waals surface area (Å²) >= 11 is 14.6. The first-order valence-corrected chi connectivity index (χ1v) is 8.79. The van der Waals surface area contributed by atoms with Crippen LogP contribution in [0.15, 0.2) is 13.6 Å². The lowest BCUT2D eigenvalue weighted by atomic mass is 9.89. The highest BCUT2D eigenvalue weighted by Crippen LogP contribution is 2.32. The highest BCUT2D eigenvalue weighted by molar-refractivity contribution is 9.12. The van der Waals surface area contributed by atoms with E-state index in [1.165, 1.54) is 24.2 Å². The standard InChI is InChI=1S/C12H14Br2ClNOS/c13-10-5-8(11(14)18-10)12(17)16-6-7-3-1-2-4-9(7)15/h5,7,9H,1-4,6H2,(H,16,17). The molecule has 1 amide bonds. The zero-order valence-corrected chi connectivity index (χ0v) is 14.5. The van der Waals surface area contributed by atoms with Crippen LogP contribution in [0.1, 0.15) is 36.0 Å². The van der Waals surface area contributed by atoms with E-state index in [9.17, 15) is 4.79 Å². The summed E-state index contributed by atoms with van der Waals surface area (Å²) in [6, 6.07) is 1.84. The van der Waals surface area contributed by atoms with Crippen molar-refractivity contribution in [2.75, 3.05) is 6.54 Å². The van der Waals surface area contributed by atoms with E-state index in [1.807, 2.05) is 6.07 Å². The van der Waals surface area contributed by atoms with Crippen LogP contribution in [0.5, 0.6) is 0 Å². The van der Waals surface area contributed by atoms with Gasteiger partial charge in [0, 0.05) is 11.9 Å². The van der Waals surface area contributed by atoms with Gasteiger partial charge < -0.3 is 5.32 Å². The molecule has 100 valence electrons. The minimum absolute atomic E-state index is 0.0294. The molecular formula is C12H14Br2ClNOS. The molecule has 1 aromatic rings. The van der Waals surface area contributed by atoms with Crippen molar-refractivity contribution >= 4 is 60.7 Å². The van der Waals surface area contributed by atoms with Crippen LogP contribution in [0.2, 0.25) is 0 Å². The van der Waals surface area contributed by atoms with E-state index in [1.54, 1.807) is 0 Å². The fraction of sp³-hybridized carbons (Fsp3) is 0.583. The number of thiophene rings is 1. The monoisotopic (exact) mass is 413 g/mol. The van der Waals surface area contributed by atoms with Crippen LogP contribution in [0.4, 0.5) is 0 Å². The average molecular weight is 416 g/mol. The molecule has 0 aromatic carbocycles. The predicted molar refractivity (Wildman–Crippen MR) is 83.7 cm³/mol. The van der Waals surface area contributed by atoms with Crippen LogP contribution in [-0.4, -0.2) is 17.8 Å². The van der Waals surface area contributed by atoms with Gasteiger partial charge in [-0.2, -0.15) is 0 Å². The molecule has 1 N–H and O–H groups in total. The van der Waals surface area contributed by atoms with E-state index >= 15 is 0 Å². The van der Waals surface area contributed by atoms with Gasteiger partial charge in [0.15, 0.2) is 0 Å². The lowest BCUT2D eigenvalue weighted by Gasteiger charge is -2.27. The lowest BCUT2D eigenvalue weighted by Crippen LogP contribution is -2.34.